The first-order chi connectivity index (χ1) is 10.1. The Balaban J connectivity index is 2.21. The number of benzene rings is 2. The molecule has 0 spiro atoms. The fraction of sp³-hybridized carbons (Fsp3) is 0.250. The summed E-state index contributed by atoms with van der Waals surface area (Å²) in [7, 11) is 0. The number of ether oxygens (including phenoxy) is 1. The van der Waals surface area contributed by atoms with Gasteiger partial charge in [-0.15, -0.1) is 0 Å². The molecule has 1 unspecified atom stereocenters. The zero-order valence-electron chi connectivity index (χ0n) is 11.8. The highest BCUT2D eigenvalue weighted by Crippen LogP contribution is 2.26. The molecule has 0 aromatic heterocycles. The van der Waals surface area contributed by atoms with Crippen LogP contribution < -0.4 is 16.0 Å². The average molecular weight is 309 g/mol. The van der Waals surface area contributed by atoms with Crippen molar-refractivity contribution >= 4 is 11.6 Å². The number of halogens is 2. The van der Waals surface area contributed by atoms with Crippen molar-refractivity contribution < 1.29 is 9.13 Å². The number of hydrazine groups is 1. The van der Waals surface area contributed by atoms with Crippen LogP contribution in [-0.2, 0) is 6.42 Å². The monoisotopic (exact) mass is 308 g/mol. The van der Waals surface area contributed by atoms with E-state index in [1.165, 1.54) is 12.1 Å². The van der Waals surface area contributed by atoms with Gasteiger partial charge in [0.1, 0.15) is 11.6 Å². The summed E-state index contributed by atoms with van der Waals surface area (Å²) in [6.07, 6.45) is 0.561. The Labute approximate surface area is 128 Å². The van der Waals surface area contributed by atoms with Crippen LogP contribution in [0.1, 0.15) is 24.1 Å². The summed E-state index contributed by atoms with van der Waals surface area (Å²) in [6, 6.07) is 12.0. The molecule has 0 fully saturated rings. The van der Waals surface area contributed by atoms with Crippen LogP contribution in [-0.4, -0.2) is 6.61 Å². The zero-order valence-corrected chi connectivity index (χ0v) is 12.5. The normalized spacial score (nSPS) is 12.2. The van der Waals surface area contributed by atoms with Crippen molar-refractivity contribution in [2.75, 3.05) is 6.61 Å². The van der Waals surface area contributed by atoms with E-state index in [0.717, 1.165) is 16.9 Å². The molecule has 0 amide bonds. The van der Waals surface area contributed by atoms with Crippen LogP contribution in [0.2, 0.25) is 5.02 Å². The van der Waals surface area contributed by atoms with Gasteiger partial charge < -0.3 is 4.74 Å². The van der Waals surface area contributed by atoms with Crippen molar-refractivity contribution in [3.8, 4) is 5.75 Å². The number of nitrogens with two attached hydrogens (primary N) is 1. The molecule has 0 heterocycles. The van der Waals surface area contributed by atoms with Gasteiger partial charge in [-0.05, 0) is 48.7 Å². The smallest absolute Gasteiger partial charge is 0.124 e. The van der Waals surface area contributed by atoms with Crippen molar-refractivity contribution in [2.24, 2.45) is 5.84 Å². The Morgan fingerprint density at radius 3 is 2.76 bits per heavy atom. The predicted molar refractivity (Wildman–Crippen MR) is 82.8 cm³/mol. The van der Waals surface area contributed by atoms with Crippen LogP contribution in [0.15, 0.2) is 42.5 Å². The van der Waals surface area contributed by atoms with Crippen molar-refractivity contribution in [3.63, 3.8) is 0 Å². The highest BCUT2D eigenvalue weighted by Gasteiger charge is 2.13. The number of hydrogen-bond donors (Lipinski definition) is 2. The summed E-state index contributed by atoms with van der Waals surface area (Å²) < 4.78 is 18.6. The van der Waals surface area contributed by atoms with Crippen LogP contribution in [0.3, 0.4) is 0 Å². The molecule has 3 N–H and O–H groups in total. The first kappa shape index (κ1) is 15.8. The lowest BCUT2D eigenvalue weighted by molar-refractivity contribution is 0.339. The molecule has 0 saturated carbocycles. The molecule has 112 valence electrons. The van der Waals surface area contributed by atoms with Gasteiger partial charge in [0.15, 0.2) is 0 Å². The molecule has 0 radical (unpaired) electrons. The summed E-state index contributed by atoms with van der Waals surface area (Å²) in [4.78, 5) is 0. The van der Waals surface area contributed by atoms with E-state index in [-0.39, 0.29) is 11.9 Å². The Morgan fingerprint density at radius 1 is 1.29 bits per heavy atom. The molecule has 2 aromatic rings. The molecule has 21 heavy (non-hydrogen) atoms. The van der Waals surface area contributed by atoms with E-state index in [1.807, 2.05) is 31.2 Å². The van der Waals surface area contributed by atoms with Crippen molar-refractivity contribution in [3.05, 3.63) is 64.4 Å². The van der Waals surface area contributed by atoms with Gasteiger partial charge in [0.25, 0.3) is 0 Å². The van der Waals surface area contributed by atoms with Gasteiger partial charge in [-0.25, -0.2) is 4.39 Å². The van der Waals surface area contributed by atoms with E-state index in [2.05, 4.69) is 5.43 Å². The number of nitrogens with one attached hydrogen (secondary N) is 1. The zero-order chi connectivity index (χ0) is 15.2. The van der Waals surface area contributed by atoms with E-state index in [4.69, 9.17) is 22.2 Å². The number of hydrogen-bond acceptors (Lipinski definition) is 3. The fourth-order valence-electron chi connectivity index (χ4n) is 2.17. The minimum atomic E-state index is -0.348. The molecule has 0 aliphatic carbocycles. The van der Waals surface area contributed by atoms with Crippen molar-refractivity contribution in [1.29, 1.82) is 0 Å². The van der Waals surface area contributed by atoms with E-state index < -0.39 is 0 Å². The lowest BCUT2D eigenvalue weighted by Gasteiger charge is -2.18. The van der Waals surface area contributed by atoms with Gasteiger partial charge in [0, 0.05) is 5.02 Å². The highest BCUT2D eigenvalue weighted by atomic mass is 35.5. The maximum absolute atomic E-state index is 13.1. The van der Waals surface area contributed by atoms with Crippen LogP contribution in [0.5, 0.6) is 5.75 Å². The molecule has 2 rings (SSSR count). The highest BCUT2D eigenvalue weighted by molar-refractivity contribution is 6.31. The van der Waals surface area contributed by atoms with Gasteiger partial charge >= 0.3 is 0 Å². The summed E-state index contributed by atoms with van der Waals surface area (Å²) in [6.45, 7) is 2.54. The molecule has 1 atom stereocenters. The van der Waals surface area contributed by atoms with Crippen LogP contribution in [0.4, 0.5) is 4.39 Å². The lowest BCUT2D eigenvalue weighted by atomic mass is 9.99. The molecule has 5 heteroatoms. The SMILES string of the molecule is CCOc1cccc(C(Cc2ccc(F)cc2Cl)NN)c1. The van der Waals surface area contributed by atoms with Crippen LogP contribution >= 0.6 is 11.6 Å². The summed E-state index contributed by atoms with van der Waals surface area (Å²) in [5, 5.41) is 0.399. The molecule has 0 bridgehead atoms. The molecule has 2 aromatic carbocycles. The van der Waals surface area contributed by atoms with E-state index in [9.17, 15) is 4.39 Å². The first-order valence-electron chi connectivity index (χ1n) is 6.77. The molecule has 3 nitrogen and oxygen atoms in total. The summed E-state index contributed by atoms with van der Waals surface area (Å²) >= 11 is 6.07. The van der Waals surface area contributed by atoms with Crippen LogP contribution in [0, 0.1) is 5.82 Å². The number of rotatable bonds is 6. The van der Waals surface area contributed by atoms with Crippen LogP contribution in [0.25, 0.3) is 0 Å². The van der Waals surface area contributed by atoms with E-state index >= 15 is 0 Å². The quantitative estimate of drug-likeness (QED) is 0.633. The molecular weight excluding hydrogens is 291 g/mol. The largest absolute Gasteiger partial charge is 0.494 e. The molecular formula is C16H18ClFN2O. The Bertz CT molecular complexity index is 607. The van der Waals surface area contributed by atoms with Gasteiger partial charge in [-0.3, -0.25) is 11.3 Å². The third-order valence-electron chi connectivity index (χ3n) is 3.21. The Kier molecular flexibility index (Phi) is 5.56. The Morgan fingerprint density at radius 2 is 2.10 bits per heavy atom. The predicted octanol–water partition coefficient (Wildman–Crippen LogP) is 3.62. The Hall–Kier alpha value is -1.62. The topological polar surface area (TPSA) is 47.3 Å². The second-order valence-electron chi connectivity index (χ2n) is 4.66. The third kappa shape index (κ3) is 4.17. The lowest BCUT2D eigenvalue weighted by Crippen LogP contribution is -2.29. The molecule has 0 aliphatic heterocycles. The van der Waals surface area contributed by atoms with Gasteiger partial charge in [0.05, 0.1) is 12.6 Å². The molecule has 0 saturated heterocycles. The second-order valence-corrected chi connectivity index (χ2v) is 5.07. The minimum Gasteiger partial charge on any atom is -0.494 e. The van der Waals surface area contributed by atoms with Crippen molar-refractivity contribution in [2.45, 2.75) is 19.4 Å². The van der Waals surface area contributed by atoms with E-state index in [1.54, 1.807) is 6.07 Å². The standard InChI is InChI=1S/C16H18ClFN2O/c1-2-21-14-5-3-4-12(8-14)16(20-19)9-11-6-7-13(18)10-15(11)17/h3-8,10,16,20H,2,9,19H2,1H3. The van der Waals surface area contributed by atoms with E-state index in [0.29, 0.717) is 18.1 Å². The molecule has 0 aliphatic rings. The van der Waals surface area contributed by atoms with Gasteiger partial charge in [-0.1, -0.05) is 29.8 Å². The van der Waals surface area contributed by atoms with Gasteiger partial charge in [-0.2, -0.15) is 0 Å². The summed E-state index contributed by atoms with van der Waals surface area (Å²) in [5.41, 5.74) is 4.60. The average Bonchev–Trinajstić information content (AvgIpc) is 2.47. The second kappa shape index (κ2) is 7.41. The fourth-order valence-corrected chi connectivity index (χ4v) is 2.41. The van der Waals surface area contributed by atoms with Gasteiger partial charge in [0.2, 0.25) is 0 Å². The summed E-state index contributed by atoms with van der Waals surface area (Å²) in [5.74, 6) is 6.09. The first-order valence-corrected chi connectivity index (χ1v) is 7.14. The maximum atomic E-state index is 13.1. The maximum Gasteiger partial charge on any atom is 0.124 e. The third-order valence-corrected chi connectivity index (χ3v) is 3.56. The van der Waals surface area contributed by atoms with Crippen molar-refractivity contribution in [1.82, 2.24) is 5.43 Å². The minimum absolute atomic E-state index is 0.131.